The molecule has 0 unspecified atom stereocenters. The molecule has 0 aliphatic heterocycles. The fourth-order valence-corrected chi connectivity index (χ4v) is 1.94. The van der Waals surface area contributed by atoms with Gasteiger partial charge in [0.1, 0.15) is 5.82 Å². The van der Waals surface area contributed by atoms with E-state index in [1.165, 1.54) is 12.1 Å². The Labute approximate surface area is 115 Å². The zero-order valence-corrected chi connectivity index (χ0v) is 11.1. The van der Waals surface area contributed by atoms with E-state index in [0.29, 0.717) is 5.82 Å². The summed E-state index contributed by atoms with van der Waals surface area (Å²) in [5.41, 5.74) is 1.12. The third-order valence-electron chi connectivity index (χ3n) is 2.61. The molecule has 98 valence electrons. The first-order chi connectivity index (χ1) is 9.06. The molecule has 19 heavy (non-hydrogen) atoms. The Hall–Kier alpha value is -1.94. The summed E-state index contributed by atoms with van der Waals surface area (Å²) < 4.78 is 13.5. The van der Waals surface area contributed by atoms with Crippen molar-refractivity contribution in [1.29, 1.82) is 0 Å². The second-order valence-corrected chi connectivity index (χ2v) is 4.58. The van der Waals surface area contributed by atoms with Crippen molar-refractivity contribution in [2.24, 2.45) is 0 Å². The molecule has 0 aliphatic carbocycles. The largest absolute Gasteiger partial charge is 0.312 e. The average molecular weight is 280 g/mol. The highest BCUT2D eigenvalue weighted by Crippen LogP contribution is 2.19. The zero-order chi connectivity index (χ0) is 13.8. The van der Waals surface area contributed by atoms with Crippen LogP contribution in [-0.2, 0) is 11.2 Å². The second-order valence-electron chi connectivity index (χ2n) is 4.17. The van der Waals surface area contributed by atoms with Crippen molar-refractivity contribution in [3.05, 3.63) is 58.5 Å². The SMILES string of the molecule is Cc1cccc(NC(=O)Cc2c(F)cccc2Cl)[nH+]1. The average Bonchev–Trinajstić information content (AvgIpc) is 2.34. The molecule has 0 atom stereocenters. The van der Waals surface area contributed by atoms with E-state index in [0.717, 1.165) is 5.69 Å². The molecule has 1 aromatic carbocycles. The first-order valence-corrected chi connectivity index (χ1v) is 6.16. The molecule has 3 nitrogen and oxygen atoms in total. The van der Waals surface area contributed by atoms with Crippen LogP contribution >= 0.6 is 11.6 Å². The number of carbonyl (C=O) groups excluding carboxylic acids is 1. The second kappa shape index (κ2) is 5.80. The lowest BCUT2D eigenvalue weighted by Crippen LogP contribution is -2.22. The minimum Gasteiger partial charge on any atom is -0.247 e. The number of amides is 1. The minimum atomic E-state index is -0.476. The van der Waals surface area contributed by atoms with Gasteiger partial charge in [0.25, 0.3) is 5.82 Å². The van der Waals surface area contributed by atoms with Gasteiger partial charge in [-0.3, -0.25) is 0 Å². The number of pyridine rings is 1. The number of rotatable bonds is 3. The van der Waals surface area contributed by atoms with Crippen LogP contribution in [0, 0.1) is 12.7 Å². The maximum Gasteiger partial charge on any atom is 0.312 e. The molecule has 2 aromatic rings. The molecule has 0 saturated carbocycles. The topological polar surface area (TPSA) is 43.2 Å². The molecular weight excluding hydrogens is 267 g/mol. The lowest BCUT2D eigenvalue weighted by molar-refractivity contribution is -0.370. The lowest BCUT2D eigenvalue weighted by Gasteiger charge is -2.03. The van der Waals surface area contributed by atoms with Crippen molar-refractivity contribution in [3.8, 4) is 0 Å². The number of anilines is 1. The molecule has 0 aliphatic rings. The molecular formula is C14H13ClFN2O+. The lowest BCUT2D eigenvalue weighted by atomic mass is 10.1. The molecule has 1 aromatic heterocycles. The molecule has 1 heterocycles. The number of aryl methyl sites for hydroxylation is 1. The number of benzene rings is 1. The highest BCUT2D eigenvalue weighted by Gasteiger charge is 2.16. The Morgan fingerprint density at radius 2 is 2.05 bits per heavy atom. The Morgan fingerprint density at radius 1 is 1.32 bits per heavy atom. The summed E-state index contributed by atoms with van der Waals surface area (Å²) in [7, 11) is 0. The molecule has 0 fully saturated rings. The highest BCUT2D eigenvalue weighted by molar-refractivity contribution is 6.31. The van der Waals surface area contributed by atoms with Gasteiger partial charge in [-0.1, -0.05) is 23.7 Å². The van der Waals surface area contributed by atoms with Gasteiger partial charge in [-0.2, -0.15) is 0 Å². The molecule has 2 rings (SSSR count). The number of halogens is 2. The van der Waals surface area contributed by atoms with Gasteiger partial charge in [0.2, 0.25) is 0 Å². The molecule has 1 amide bonds. The van der Waals surface area contributed by atoms with Gasteiger partial charge < -0.3 is 0 Å². The highest BCUT2D eigenvalue weighted by atomic mass is 35.5. The van der Waals surface area contributed by atoms with Crippen LogP contribution in [0.2, 0.25) is 5.02 Å². The van der Waals surface area contributed by atoms with E-state index in [1.807, 2.05) is 19.1 Å². The summed E-state index contributed by atoms with van der Waals surface area (Å²) in [6.07, 6.45) is -0.104. The summed E-state index contributed by atoms with van der Waals surface area (Å²) in [4.78, 5) is 14.8. The van der Waals surface area contributed by atoms with Gasteiger partial charge in [-0.25, -0.2) is 19.5 Å². The molecule has 0 saturated heterocycles. The van der Waals surface area contributed by atoms with Gasteiger partial charge in [0.15, 0.2) is 0 Å². The fourth-order valence-electron chi connectivity index (χ4n) is 1.71. The molecule has 0 radical (unpaired) electrons. The predicted molar refractivity (Wildman–Crippen MR) is 71.5 cm³/mol. The van der Waals surface area contributed by atoms with E-state index in [9.17, 15) is 9.18 Å². The third-order valence-corrected chi connectivity index (χ3v) is 2.97. The van der Waals surface area contributed by atoms with Crippen molar-refractivity contribution in [2.75, 3.05) is 5.32 Å². The molecule has 5 heteroatoms. The van der Waals surface area contributed by atoms with Gasteiger partial charge in [0, 0.05) is 16.7 Å². The predicted octanol–water partition coefficient (Wildman–Crippen LogP) is 2.78. The van der Waals surface area contributed by atoms with Crippen LogP contribution in [0.4, 0.5) is 10.2 Å². The zero-order valence-electron chi connectivity index (χ0n) is 10.3. The minimum absolute atomic E-state index is 0.104. The van der Waals surface area contributed by atoms with E-state index >= 15 is 0 Å². The van der Waals surface area contributed by atoms with Crippen molar-refractivity contribution < 1.29 is 14.2 Å². The Morgan fingerprint density at radius 3 is 2.74 bits per heavy atom. The number of nitrogens with one attached hydrogen (secondary N) is 2. The third kappa shape index (κ3) is 3.51. The number of H-pyrrole nitrogens is 1. The van der Waals surface area contributed by atoms with E-state index < -0.39 is 5.82 Å². The van der Waals surface area contributed by atoms with Gasteiger partial charge in [-0.15, -0.1) is 0 Å². The van der Waals surface area contributed by atoms with Gasteiger partial charge >= 0.3 is 5.91 Å². The number of hydrogen-bond donors (Lipinski definition) is 1. The summed E-state index contributed by atoms with van der Waals surface area (Å²) in [6, 6.07) is 9.78. The summed E-state index contributed by atoms with van der Waals surface area (Å²) in [5.74, 6) is -0.234. The summed E-state index contributed by atoms with van der Waals surface area (Å²) in [5, 5.41) is 2.92. The van der Waals surface area contributed by atoms with Gasteiger partial charge in [-0.05, 0) is 25.1 Å². The van der Waals surface area contributed by atoms with Crippen LogP contribution in [0.15, 0.2) is 36.4 Å². The maximum absolute atomic E-state index is 13.5. The van der Waals surface area contributed by atoms with E-state index in [-0.39, 0.29) is 22.9 Å². The van der Waals surface area contributed by atoms with Crippen molar-refractivity contribution in [3.63, 3.8) is 0 Å². The Balaban J connectivity index is 2.10. The van der Waals surface area contributed by atoms with Crippen LogP contribution in [0.25, 0.3) is 0 Å². The van der Waals surface area contributed by atoms with E-state index in [1.54, 1.807) is 12.1 Å². The van der Waals surface area contributed by atoms with Crippen LogP contribution < -0.4 is 10.3 Å². The van der Waals surface area contributed by atoms with Crippen LogP contribution in [0.5, 0.6) is 0 Å². The molecule has 0 spiro atoms. The van der Waals surface area contributed by atoms with Crippen molar-refractivity contribution >= 4 is 23.3 Å². The van der Waals surface area contributed by atoms with E-state index in [2.05, 4.69) is 10.3 Å². The number of carbonyl (C=O) groups is 1. The first-order valence-electron chi connectivity index (χ1n) is 5.78. The van der Waals surface area contributed by atoms with Crippen LogP contribution in [0.1, 0.15) is 11.3 Å². The standard InChI is InChI=1S/C14H12ClFN2O/c1-9-4-2-7-13(17-9)18-14(19)8-10-11(15)5-3-6-12(10)16/h2-7H,8H2,1H3,(H,17,18,19)/p+1. The first kappa shape index (κ1) is 13.5. The maximum atomic E-state index is 13.5. The van der Waals surface area contributed by atoms with E-state index in [4.69, 9.17) is 11.6 Å². The van der Waals surface area contributed by atoms with Crippen molar-refractivity contribution in [2.45, 2.75) is 13.3 Å². The normalized spacial score (nSPS) is 10.3. The fraction of sp³-hybridized carbons (Fsp3) is 0.143. The number of aromatic amines is 1. The number of hydrogen-bond acceptors (Lipinski definition) is 1. The summed E-state index contributed by atoms with van der Waals surface area (Å²) >= 11 is 5.87. The van der Waals surface area contributed by atoms with Crippen LogP contribution in [0.3, 0.4) is 0 Å². The van der Waals surface area contributed by atoms with Gasteiger partial charge in [0.05, 0.1) is 12.1 Å². The monoisotopic (exact) mass is 279 g/mol. The summed E-state index contributed by atoms with van der Waals surface area (Å²) in [6.45, 7) is 1.88. The molecule has 2 N–H and O–H groups in total. The van der Waals surface area contributed by atoms with Crippen LogP contribution in [-0.4, -0.2) is 5.91 Å². The number of aromatic nitrogens is 1. The Kier molecular flexibility index (Phi) is 4.12. The van der Waals surface area contributed by atoms with Crippen molar-refractivity contribution in [1.82, 2.24) is 0 Å². The Bertz CT molecular complexity index is 596. The molecule has 0 bridgehead atoms. The smallest absolute Gasteiger partial charge is 0.247 e. The quantitative estimate of drug-likeness (QED) is 0.922.